The van der Waals surface area contributed by atoms with Crippen molar-refractivity contribution in [2.24, 2.45) is 0 Å². The first kappa shape index (κ1) is 73.8. The third-order valence-corrected chi connectivity index (χ3v) is 16.6. The minimum absolute atomic E-state index is 0.310. The van der Waals surface area contributed by atoms with E-state index in [0.717, 1.165) is 38.5 Å². The van der Waals surface area contributed by atoms with Gasteiger partial charge in [0, 0.05) is 0 Å². The standard InChI is InChI=1S/C70H137NO4/c1-3-5-7-9-11-13-15-17-19-21-23-25-27-28-29-30-31-32-33-34-35-36-37-38-39-40-41-43-45-47-49-51-53-55-57-59-61-63-65-69(74)70(75)71-67(66-72)68(73)64-62-60-58-56-54-52-50-48-46-44-42-26-24-22-20-18-16-14-12-10-8-6-4-2/h31-32,34-35,67-69,72-74H,3-30,33,36-66H2,1-2H3,(H,71,75)/b32-31-,35-34-. The molecular weight excluding hydrogens is 919 g/mol. The van der Waals surface area contributed by atoms with Crippen LogP contribution in [0.5, 0.6) is 0 Å². The lowest BCUT2D eigenvalue weighted by Gasteiger charge is -2.23. The average Bonchev–Trinajstić information content (AvgIpc) is 3.41. The molecule has 0 aliphatic rings. The topological polar surface area (TPSA) is 89.8 Å². The van der Waals surface area contributed by atoms with Gasteiger partial charge in [0.15, 0.2) is 0 Å². The molecule has 0 aromatic rings. The van der Waals surface area contributed by atoms with E-state index in [1.807, 2.05) is 0 Å². The van der Waals surface area contributed by atoms with Gasteiger partial charge >= 0.3 is 0 Å². The van der Waals surface area contributed by atoms with E-state index < -0.39 is 24.2 Å². The maximum absolute atomic E-state index is 12.6. The average molecular weight is 1060 g/mol. The van der Waals surface area contributed by atoms with Gasteiger partial charge in [-0.1, -0.05) is 372 Å². The monoisotopic (exact) mass is 1060 g/mol. The van der Waals surface area contributed by atoms with Gasteiger partial charge in [-0.3, -0.25) is 4.79 Å². The Labute approximate surface area is 471 Å². The molecule has 0 radical (unpaired) electrons. The van der Waals surface area contributed by atoms with Crippen LogP contribution in [-0.4, -0.2) is 46.1 Å². The Morgan fingerprint density at radius 2 is 0.547 bits per heavy atom. The highest BCUT2D eigenvalue weighted by atomic mass is 16.3. The molecule has 0 rings (SSSR count). The van der Waals surface area contributed by atoms with Gasteiger partial charge in [0.1, 0.15) is 6.10 Å². The molecule has 4 N–H and O–H groups in total. The van der Waals surface area contributed by atoms with Crippen molar-refractivity contribution in [1.29, 1.82) is 0 Å². The molecule has 0 spiro atoms. The second kappa shape index (κ2) is 65.3. The zero-order chi connectivity index (χ0) is 54.3. The van der Waals surface area contributed by atoms with Gasteiger partial charge in [-0.25, -0.2) is 0 Å². The Kier molecular flexibility index (Phi) is 64.3. The normalized spacial score (nSPS) is 13.2. The van der Waals surface area contributed by atoms with Gasteiger partial charge in [-0.15, -0.1) is 0 Å². The Morgan fingerprint density at radius 1 is 0.320 bits per heavy atom. The van der Waals surface area contributed by atoms with Crippen molar-refractivity contribution in [2.45, 2.75) is 411 Å². The summed E-state index contributed by atoms with van der Waals surface area (Å²) in [6, 6.07) is -0.712. The lowest BCUT2D eigenvalue weighted by molar-refractivity contribution is -0.131. The molecule has 0 aromatic carbocycles. The number of hydrogen-bond acceptors (Lipinski definition) is 4. The zero-order valence-electron chi connectivity index (χ0n) is 51.2. The Morgan fingerprint density at radius 3 is 0.800 bits per heavy atom. The highest BCUT2D eigenvalue weighted by Crippen LogP contribution is 2.19. The summed E-state index contributed by atoms with van der Waals surface area (Å²) in [4.78, 5) is 12.6. The summed E-state index contributed by atoms with van der Waals surface area (Å²) >= 11 is 0. The van der Waals surface area contributed by atoms with Crippen molar-refractivity contribution < 1.29 is 20.1 Å². The van der Waals surface area contributed by atoms with Crippen LogP contribution < -0.4 is 5.32 Å². The fourth-order valence-corrected chi connectivity index (χ4v) is 11.2. The maximum atomic E-state index is 12.6. The summed E-state index contributed by atoms with van der Waals surface area (Å²) in [6.07, 6.45) is 85.7. The van der Waals surface area contributed by atoms with Gasteiger partial charge < -0.3 is 20.6 Å². The highest BCUT2D eigenvalue weighted by molar-refractivity contribution is 5.80. The first-order valence-electron chi connectivity index (χ1n) is 34.6. The maximum Gasteiger partial charge on any atom is 0.249 e. The lowest BCUT2D eigenvalue weighted by Crippen LogP contribution is -2.49. The Hall–Kier alpha value is -1.17. The second-order valence-corrected chi connectivity index (χ2v) is 24.1. The molecule has 0 bridgehead atoms. The number of hydrogen-bond donors (Lipinski definition) is 4. The molecule has 3 atom stereocenters. The molecule has 1 amide bonds. The predicted octanol–water partition coefficient (Wildman–Crippen LogP) is 22.4. The summed E-state index contributed by atoms with van der Waals surface area (Å²) in [6.45, 7) is 4.29. The van der Waals surface area contributed by atoms with E-state index in [1.54, 1.807) is 0 Å². The molecule has 0 aromatic heterocycles. The largest absolute Gasteiger partial charge is 0.394 e. The zero-order valence-corrected chi connectivity index (χ0v) is 51.2. The number of unbranched alkanes of at least 4 members (excludes halogenated alkanes) is 53. The van der Waals surface area contributed by atoms with Crippen molar-refractivity contribution in [3.63, 3.8) is 0 Å². The van der Waals surface area contributed by atoms with Crippen molar-refractivity contribution in [3.8, 4) is 0 Å². The van der Waals surface area contributed by atoms with Crippen LogP contribution in [0.25, 0.3) is 0 Å². The fourth-order valence-electron chi connectivity index (χ4n) is 11.2. The van der Waals surface area contributed by atoms with Crippen LogP contribution in [0.3, 0.4) is 0 Å². The number of rotatable bonds is 65. The van der Waals surface area contributed by atoms with Gasteiger partial charge in [0.2, 0.25) is 5.91 Å². The Balaban J connectivity index is 3.46. The van der Waals surface area contributed by atoms with E-state index in [0.29, 0.717) is 12.8 Å². The molecule has 0 aliphatic carbocycles. The van der Waals surface area contributed by atoms with Crippen LogP contribution in [0.1, 0.15) is 393 Å². The van der Waals surface area contributed by atoms with Crippen LogP contribution in [0.2, 0.25) is 0 Å². The quantitative estimate of drug-likeness (QED) is 0.0361. The van der Waals surface area contributed by atoms with E-state index in [4.69, 9.17) is 0 Å². The fraction of sp³-hybridized carbons (Fsp3) is 0.929. The summed E-state index contributed by atoms with van der Waals surface area (Å²) in [5.41, 5.74) is 0. The van der Waals surface area contributed by atoms with Crippen LogP contribution in [0.4, 0.5) is 0 Å². The van der Waals surface area contributed by atoms with E-state index in [1.165, 1.54) is 327 Å². The first-order chi connectivity index (χ1) is 37.1. The molecule has 0 aliphatic heterocycles. The van der Waals surface area contributed by atoms with Crippen LogP contribution >= 0.6 is 0 Å². The van der Waals surface area contributed by atoms with Crippen LogP contribution in [0.15, 0.2) is 24.3 Å². The third-order valence-electron chi connectivity index (χ3n) is 16.6. The van der Waals surface area contributed by atoms with Crippen molar-refractivity contribution in [3.05, 3.63) is 24.3 Å². The van der Waals surface area contributed by atoms with Crippen molar-refractivity contribution in [1.82, 2.24) is 5.32 Å². The summed E-state index contributed by atoms with van der Waals surface area (Å²) in [5.74, 6) is -0.463. The molecule has 0 saturated carbocycles. The minimum atomic E-state index is -1.08. The molecule has 5 heteroatoms. The number of carbonyl (C=O) groups excluding carboxylic acids is 1. The third kappa shape index (κ3) is 60.3. The summed E-state index contributed by atoms with van der Waals surface area (Å²) in [5, 5.41) is 33.7. The molecule has 0 saturated heterocycles. The summed E-state index contributed by atoms with van der Waals surface area (Å²) in [7, 11) is 0. The molecule has 446 valence electrons. The Bertz CT molecular complexity index is 1120. The number of nitrogens with one attached hydrogen (secondary N) is 1. The molecular formula is C70H137NO4. The number of carbonyl (C=O) groups is 1. The smallest absolute Gasteiger partial charge is 0.249 e. The second-order valence-electron chi connectivity index (χ2n) is 24.1. The van der Waals surface area contributed by atoms with E-state index in [9.17, 15) is 20.1 Å². The SMILES string of the molecule is CCCCCCCCCCCCCCCCC/C=C\C/C=C\CCCCCCCCCCCCCCCCCCC(O)C(=O)NC(CO)C(O)CCCCCCCCCCCCCCCCCCCCCCCCC. The number of allylic oxidation sites excluding steroid dienone is 4. The van der Waals surface area contributed by atoms with E-state index in [-0.39, 0.29) is 6.61 Å². The molecule has 3 unspecified atom stereocenters. The van der Waals surface area contributed by atoms with Crippen molar-refractivity contribution >= 4 is 5.91 Å². The van der Waals surface area contributed by atoms with Crippen molar-refractivity contribution in [2.75, 3.05) is 6.61 Å². The van der Waals surface area contributed by atoms with E-state index in [2.05, 4.69) is 43.5 Å². The number of aliphatic hydroxyl groups is 3. The van der Waals surface area contributed by atoms with Gasteiger partial charge in [0.05, 0.1) is 18.8 Å². The first-order valence-corrected chi connectivity index (χ1v) is 34.6. The van der Waals surface area contributed by atoms with Crippen LogP contribution in [-0.2, 0) is 4.79 Å². The molecule has 5 nitrogen and oxygen atoms in total. The molecule has 0 fully saturated rings. The van der Waals surface area contributed by atoms with Gasteiger partial charge in [0.25, 0.3) is 0 Å². The minimum Gasteiger partial charge on any atom is -0.394 e. The molecule has 75 heavy (non-hydrogen) atoms. The number of amides is 1. The summed E-state index contributed by atoms with van der Waals surface area (Å²) < 4.78 is 0. The predicted molar refractivity (Wildman–Crippen MR) is 333 cm³/mol. The van der Waals surface area contributed by atoms with Gasteiger partial charge in [-0.05, 0) is 44.9 Å². The molecule has 0 heterocycles. The van der Waals surface area contributed by atoms with Crippen LogP contribution in [0, 0.1) is 0 Å². The van der Waals surface area contributed by atoms with E-state index >= 15 is 0 Å². The number of aliphatic hydroxyl groups excluding tert-OH is 3. The highest BCUT2D eigenvalue weighted by Gasteiger charge is 2.23. The lowest BCUT2D eigenvalue weighted by atomic mass is 10.0. The van der Waals surface area contributed by atoms with Gasteiger partial charge in [-0.2, -0.15) is 0 Å².